The first-order valence-electron chi connectivity index (χ1n) is 5.65. The van der Waals surface area contributed by atoms with Crippen molar-refractivity contribution in [3.8, 4) is 0 Å². The molecule has 1 aromatic carbocycles. The monoisotopic (exact) mass is 298 g/mol. The first kappa shape index (κ1) is 10.9. The molecule has 3 rings (SSSR count). The van der Waals surface area contributed by atoms with Gasteiger partial charge in [0.25, 0.3) is 0 Å². The minimum absolute atomic E-state index is 0.187. The number of thioether (sulfide) groups is 1. The SMILES string of the molecule is NC1c2cccc(Br)c2NC2CCSCC21. The van der Waals surface area contributed by atoms with Gasteiger partial charge >= 0.3 is 0 Å². The van der Waals surface area contributed by atoms with Crippen molar-refractivity contribution < 1.29 is 0 Å². The standard InChI is InChI=1S/C12H15BrN2S/c13-9-3-1-2-7-11(14)8-6-16-5-4-10(8)15-12(7)9/h1-3,8,10-11,15H,4-6,14H2. The molecule has 2 heterocycles. The third-order valence-corrected chi connectivity index (χ3v) is 5.40. The van der Waals surface area contributed by atoms with Crippen LogP contribution < -0.4 is 11.1 Å². The maximum atomic E-state index is 6.40. The van der Waals surface area contributed by atoms with E-state index in [1.54, 1.807) is 0 Å². The Hall–Kier alpha value is -0.190. The third kappa shape index (κ3) is 1.67. The molecule has 3 atom stereocenters. The predicted octanol–water partition coefficient (Wildman–Crippen LogP) is 3.00. The van der Waals surface area contributed by atoms with Gasteiger partial charge in [0.15, 0.2) is 0 Å². The number of halogens is 1. The fraction of sp³-hybridized carbons (Fsp3) is 0.500. The van der Waals surface area contributed by atoms with Crippen LogP contribution in [-0.2, 0) is 0 Å². The van der Waals surface area contributed by atoms with Crippen LogP contribution in [0.15, 0.2) is 22.7 Å². The molecule has 0 spiro atoms. The molecule has 0 bridgehead atoms. The second-order valence-corrected chi connectivity index (χ2v) is 6.51. The fourth-order valence-corrected chi connectivity index (χ4v) is 4.48. The molecule has 0 aromatic heterocycles. The number of para-hydroxylation sites is 1. The molecule has 0 radical (unpaired) electrons. The Morgan fingerprint density at radius 1 is 1.44 bits per heavy atom. The lowest BCUT2D eigenvalue weighted by molar-refractivity contribution is 0.381. The van der Waals surface area contributed by atoms with Crippen molar-refractivity contribution in [1.29, 1.82) is 0 Å². The summed E-state index contributed by atoms with van der Waals surface area (Å²) in [6, 6.07) is 7.04. The van der Waals surface area contributed by atoms with Crippen LogP contribution in [0.25, 0.3) is 0 Å². The maximum Gasteiger partial charge on any atom is 0.0535 e. The van der Waals surface area contributed by atoms with Gasteiger partial charge in [0.2, 0.25) is 0 Å². The molecule has 3 unspecified atom stereocenters. The van der Waals surface area contributed by atoms with E-state index in [1.807, 2.05) is 11.8 Å². The molecule has 1 saturated heterocycles. The molecule has 4 heteroatoms. The lowest BCUT2D eigenvalue weighted by Crippen LogP contribution is -2.45. The summed E-state index contributed by atoms with van der Waals surface area (Å²) in [5, 5.41) is 3.66. The van der Waals surface area contributed by atoms with E-state index in [0.717, 1.165) is 4.47 Å². The molecule has 0 saturated carbocycles. The van der Waals surface area contributed by atoms with E-state index in [4.69, 9.17) is 5.73 Å². The van der Waals surface area contributed by atoms with Crippen molar-refractivity contribution in [2.45, 2.75) is 18.5 Å². The van der Waals surface area contributed by atoms with Gasteiger partial charge in [0.1, 0.15) is 0 Å². The van der Waals surface area contributed by atoms with Crippen LogP contribution in [0, 0.1) is 5.92 Å². The molecule has 2 aliphatic heterocycles. The van der Waals surface area contributed by atoms with Crippen molar-refractivity contribution in [1.82, 2.24) is 0 Å². The zero-order valence-corrected chi connectivity index (χ0v) is 11.4. The summed E-state index contributed by atoms with van der Waals surface area (Å²) in [6.45, 7) is 0. The van der Waals surface area contributed by atoms with Gasteiger partial charge in [-0.3, -0.25) is 0 Å². The Morgan fingerprint density at radius 3 is 3.19 bits per heavy atom. The quantitative estimate of drug-likeness (QED) is 0.773. The smallest absolute Gasteiger partial charge is 0.0535 e. The zero-order valence-electron chi connectivity index (χ0n) is 8.95. The number of nitrogens with one attached hydrogen (secondary N) is 1. The minimum atomic E-state index is 0.187. The summed E-state index contributed by atoms with van der Waals surface area (Å²) < 4.78 is 1.14. The Balaban J connectivity index is 2.03. The van der Waals surface area contributed by atoms with E-state index in [2.05, 4.69) is 39.4 Å². The molecule has 0 amide bonds. The van der Waals surface area contributed by atoms with Gasteiger partial charge in [0.05, 0.1) is 5.69 Å². The lowest BCUT2D eigenvalue weighted by atomic mass is 9.83. The number of benzene rings is 1. The van der Waals surface area contributed by atoms with Gasteiger partial charge in [-0.2, -0.15) is 11.8 Å². The van der Waals surface area contributed by atoms with E-state index in [0.29, 0.717) is 12.0 Å². The van der Waals surface area contributed by atoms with Crippen LogP contribution in [0.1, 0.15) is 18.0 Å². The summed E-state index contributed by atoms with van der Waals surface area (Å²) in [7, 11) is 0. The highest BCUT2D eigenvalue weighted by Crippen LogP contribution is 2.43. The Bertz CT molecular complexity index is 410. The summed E-state index contributed by atoms with van der Waals surface area (Å²) >= 11 is 5.63. The van der Waals surface area contributed by atoms with Crippen LogP contribution >= 0.6 is 27.7 Å². The Labute approximate surface area is 108 Å². The molecule has 86 valence electrons. The second kappa shape index (κ2) is 4.24. The van der Waals surface area contributed by atoms with Crippen LogP contribution in [-0.4, -0.2) is 17.5 Å². The van der Waals surface area contributed by atoms with Crippen LogP contribution in [0.2, 0.25) is 0 Å². The van der Waals surface area contributed by atoms with Crippen LogP contribution in [0.5, 0.6) is 0 Å². The largest absolute Gasteiger partial charge is 0.381 e. The molecule has 16 heavy (non-hydrogen) atoms. The number of hydrogen-bond acceptors (Lipinski definition) is 3. The molecule has 0 aliphatic carbocycles. The first-order valence-corrected chi connectivity index (χ1v) is 7.60. The van der Waals surface area contributed by atoms with Crippen molar-refractivity contribution in [3.05, 3.63) is 28.2 Å². The Kier molecular flexibility index (Phi) is 2.90. The first-order chi connectivity index (χ1) is 7.77. The molecule has 2 aliphatic rings. The maximum absolute atomic E-state index is 6.40. The number of hydrogen-bond donors (Lipinski definition) is 2. The number of rotatable bonds is 0. The second-order valence-electron chi connectivity index (χ2n) is 4.51. The van der Waals surface area contributed by atoms with Gasteiger partial charge in [-0.05, 0) is 45.5 Å². The van der Waals surface area contributed by atoms with Gasteiger partial charge in [-0.15, -0.1) is 0 Å². The van der Waals surface area contributed by atoms with Crippen molar-refractivity contribution in [2.75, 3.05) is 16.8 Å². The third-order valence-electron chi connectivity index (χ3n) is 3.60. The summed E-state index contributed by atoms with van der Waals surface area (Å²) in [5.74, 6) is 3.02. The average Bonchev–Trinajstić information content (AvgIpc) is 2.31. The summed E-state index contributed by atoms with van der Waals surface area (Å²) in [6.07, 6.45) is 1.23. The van der Waals surface area contributed by atoms with E-state index in [1.165, 1.54) is 29.2 Å². The van der Waals surface area contributed by atoms with Crippen molar-refractivity contribution in [2.24, 2.45) is 11.7 Å². The molecule has 1 fully saturated rings. The van der Waals surface area contributed by atoms with E-state index in [9.17, 15) is 0 Å². The number of nitrogens with two attached hydrogens (primary N) is 1. The van der Waals surface area contributed by atoms with Crippen molar-refractivity contribution >= 4 is 33.4 Å². The van der Waals surface area contributed by atoms with E-state index < -0.39 is 0 Å². The van der Waals surface area contributed by atoms with Gasteiger partial charge in [-0.25, -0.2) is 0 Å². The molecule has 3 N–H and O–H groups in total. The summed E-state index contributed by atoms with van der Waals surface area (Å²) in [4.78, 5) is 0. The van der Waals surface area contributed by atoms with Crippen molar-refractivity contribution in [3.63, 3.8) is 0 Å². The molecular formula is C12H15BrN2S. The predicted molar refractivity (Wildman–Crippen MR) is 73.9 cm³/mol. The number of fused-ring (bicyclic) bond motifs is 2. The lowest BCUT2D eigenvalue weighted by Gasteiger charge is -2.42. The van der Waals surface area contributed by atoms with Gasteiger partial charge in [-0.1, -0.05) is 12.1 Å². The van der Waals surface area contributed by atoms with Gasteiger partial charge in [0, 0.05) is 22.5 Å². The highest BCUT2D eigenvalue weighted by atomic mass is 79.9. The summed E-state index contributed by atoms with van der Waals surface area (Å²) in [5.41, 5.74) is 8.87. The van der Waals surface area contributed by atoms with Crippen LogP contribution in [0.4, 0.5) is 5.69 Å². The van der Waals surface area contributed by atoms with Gasteiger partial charge < -0.3 is 11.1 Å². The zero-order chi connectivity index (χ0) is 11.1. The molecule has 1 aromatic rings. The number of anilines is 1. The highest BCUT2D eigenvalue weighted by molar-refractivity contribution is 9.10. The molecule has 2 nitrogen and oxygen atoms in total. The molecular weight excluding hydrogens is 284 g/mol. The topological polar surface area (TPSA) is 38.0 Å². The average molecular weight is 299 g/mol. The Morgan fingerprint density at radius 2 is 2.31 bits per heavy atom. The van der Waals surface area contributed by atoms with E-state index in [-0.39, 0.29) is 6.04 Å². The fourth-order valence-electron chi connectivity index (χ4n) is 2.68. The normalized spacial score (nSPS) is 32.5. The minimum Gasteiger partial charge on any atom is -0.381 e. The van der Waals surface area contributed by atoms with Crippen LogP contribution in [0.3, 0.4) is 0 Å². The van der Waals surface area contributed by atoms with E-state index >= 15 is 0 Å². The highest BCUT2D eigenvalue weighted by Gasteiger charge is 2.36.